The van der Waals surface area contributed by atoms with Gasteiger partial charge in [-0.05, 0) is 6.92 Å². The van der Waals surface area contributed by atoms with Crippen LogP contribution in [-0.2, 0) is 4.79 Å². The molecule has 0 spiro atoms. The van der Waals surface area contributed by atoms with Crippen molar-refractivity contribution in [3.8, 4) is 0 Å². The first-order chi connectivity index (χ1) is 4.09. The van der Waals surface area contributed by atoms with Crippen molar-refractivity contribution in [2.75, 3.05) is 0 Å². The van der Waals surface area contributed by atoms with Crippen LogP contribution in [0.2, 0.25) is 0 Å². The van der Waals surface area contributed by atoms with Gasteiger partial charge in [0.1, 0.15) is 0 Å². The summed E-state index contributed by atoms with van der Waals surface area (Å²) >= 11 is 0. The summed E-state index contributed by atoms with van der Waals surface area (Å²) < 4.78 is 0. The van der Waals surface area contributed by atoms with Gasteiger partial charge < -0.3 is 4.79 Å². The van der Waals surface area contributed by atoms with Crippen LogP contribution in [-0.4, -0.2) is 5.78 Å². The maximum Gasteiger partial charge on any atom is 0.227 e. The lowest BCUT2D eigenvalue weighted by molar-refractivity contribution is -0.113. The van der Waals surface area contributed by atoms with Crippen LogP contribution in [0, 0.1) is 6.57 Å². The minimum atomic E-state index is -0.148. The molecule has 0 rings (SSSR count). The Bertz CT molecular complexity index is 191. The molecule has 0 aliphatic carbocycles. The molecule has 0 bridgehead atoms. The highest BCUT2D eigenvalue weighted by molar-refractivity contribution is 5.95. The van der Waals surface area contributed by atoms with Gasteiger partial charge in [0.2, 0.25) is 5.70 Å². The summed E-state index contributed by atoms with van der Waals surface area (Å²) in [7, 11) is 0. The highest BCUT2D eigenvalue weighted by Gasteiger charge is 2.02. The average Bonchev–Trinajstić information content (AvgIpc) is 1.64. The van der Waals surface area contributed by atoms with Crippen molar-refractivity contribution in [3.63, 3.8) is 0 Å². The molecule has 0 fully saturated rings. The van der Waals surface area contributed by atoms with Crippen LogP contribution in [0.25, 0.3) is 4.85 Å². The lowest BCUT2D eigenvalue weighted by Gasteiger charge is -1.91. The zero-order valence-electron chi connectivity index (χ0n) is 5.86. The van der Waals surface area contributed by atoms with Gasteiger partial charge in [0.25, 0.3) is 0 Å². The number of ketones is 1. The van der Waals surface area contributed by atoms with E-state index in [2.05, 4.69) is 4.85 Å². The second-order valence-electron chi connectivity index (χ2n) is 2.02. The molecule has 48 valence electrons. The first-order valence-electron chi connectivity index (χ1n) is 2.65. The van der Waals surface area contributed by atoms with Gasteiger partial charge in [-0.3, -0.25) is 0 Å². The number of hydrogen-bond acceptors (Lipinski definition) is 1. The lowest BCUT2D eigenvalue weighted by atomic mass is 10.2. The van der Waals surface area contributed by atoms with Crippen LogP contribution in [0.1, 0.15) is 20.8 Å². The van der Waals surface area contributed by atoms with E-state index in [1.807, 2.05) is 0 Å². The summed E-state index contributed by atoms with van der Waals surface area (Å²) in [4.78, 5) is 13.6. The van der Waals surface area contributed by atoms with Gasteiger partial charge in [0, 0.05) is 0 Å². The van der Waals surface area contributed by atoms with Crippen molar-refractivity contribution in [2.24, 2.45) is 0 Å². The molecule has 0 aromatic rings. The Morgan fingerprint density at radius 2 is 1.78 bits per heavy atom. The summed E-state index contributed by atoms with van der Waals surface area (Å²) in [5, 5.41) is 0. The SMILES string of the molecule is [C-]#[N+]C(C(C)=O)=C(C)C. The number of Topliss-reactive ketones (excluding diaryl/α,β-unsaturated/α-hetero) is 1. The average molecular weight is 123 g/mol. The molecular weight excluding hydrogens is 114 g/mol. The molecule has 0 saturated heterocycles. The Kier molecular flexibility index (Phi) is 2.66. The smallest absolute Gasteiger partial charge is 0.227 e. The van der Waals surface area contributed by atoms with Crippen molar-refractivity contribution in [1.82, 2.24) is 0 Å². The number of nitrogens with zero attached hydrogens (tertiary/aromatic N) is 1. The Balaban J connectivity index is 4.62. The largest absolute Gasteiger partial charge is 0.308 e. The molecule has 0 aromatic heterocycles. The molecule has 2 heteroatoms. The van der Waals surface area contributed by atoms with Crippen molar-refractivity contribution in [3.05, 3.63) is 22.7 Å². The normalized spacial score (nSPS) is 7.78. The molecule has 0 unspecified atom stereocenters. The van der Waals surface area contributed by atoms with E-state index in [4.69, 9.17) is 6.57 Å². The fourth-order valence-electron chi connectivity index (χ4n) is 0.543. The van der Waals surface area contributed by atoms with Gasteiger partial charge in [-0.15, -0.1) is 0 Å². The van der Waals surface area contributed by atoms with Gasteiger partial charge in [-0.25, -0.2) is 4.85 Å². The third-order valence-electron chi connectivity index (χ3n) is 0.919. The van der Waals surface area contributed by atoms with Crippen LogP contribution < -0.4 is 0 Å². The van der Waals surface area contributed by atoms with Crippen molar-refractivity contribution < 1.29 is 4.79 Å². The predicted molar refractivity (Wildman–Crippen MR) is 35.7 cm³/mol. The zero-order valence-corrected chi connectivity index (χ0v) is 5.86. The van der Waals surface area contributed by atoms with Gasteiger partial charge in [0.05, 0.1) is 6.57 Å². The first kappa shape index (κ1) is 7.90. The monoisotopic (exact) mass is 123 g/mol. The van der Waals surface area contributed by atoms with E-state index in [9.17, 15) is 4.79 Å². The highest BCUT2D eigenvalue weighted by atomic mass is 16.1. The van der Waals surface area contributed by atoms with Crippen LogP contribution >= 0.6 is 0 Å². The summed E-state index contributed by atoms with van der Waals surface area (Å²) in [6, 6.07) is 0. The Morgan fingerprint density at radius 1 is 1.33 bits per heavy atom. The number of hydrogen-bond donors (Lipinski definition) is 0. The summed E-state index contributed by atoms with van der Waals surface area (Å²) in [5.74, 6) is -0.148. The van der Waals surface area contributed by atoms with E-state index in [1.165, 1.54) is 6.92 Å². The van der Waals surface area contributed by atoms with Crippen molar-refractivity contribution >= 4 is 5.78 Å². The molecule has 0 heterocycles. The Morgan fingerprint density at radius 3 is 1.78 bits per heavy atom. The fraction of sp³-hybridized carbons (Fsp3) is 0.429. The van der Waals surface area contributed by atoms with Gasteiger partial charge in [-0.2, -0.15) is 0 Å². The van der Waals surface area contributed by atoms with E-state index in [0.717, 1.165) is 5.57 Å². The van der Waals surface area contributed by atoms with E-state index in [0.29, 0.717) is 0 Å². The third-order valence-corrected chi connectivity index (χ3v) is 0.919. The summed E-state index contributed by atoms with van der Waals surface area (Å²) in [5.41, 5.74) is 1.05. The van der Waals surface area contributed by atoms with E-state index in [1.54, 1.807) is 13.8 Å². The van der Waals surface area contributed by atoms with E-state index in [-0.39, 0.29) is 11.5 Å². The van der Waals surface area contributed by atoms with Crippen LogP contribution in [0.5, 0.6) is 0 Å². The van der Waals surface area contributed by atoms with Crippen LogP contribution in [0.4, 0.5) is 0 Å². The number of carbonyl (C=O) groups excluding carboxylic acids is 1. The van der Waals surface area contributed by atoms with Crippen LogP contribution in [0.3, 0.4) is 0 Å². The topological polar surface area (TPSA) is 21.4 Å². The predicted octanol–water partition coefficient (Wildman–Crippen LogP) is 1.79. The number of carbonyl (C=O) groups is 1. The molecule has 0 radical (unpaired) electrons. The number of rotatable bonds is 1. The van der Waals surface area contributed by atoms with Gasteiger partial charge >= 0.3 is 0 Å². The van der Waals surface area contributed by atoms with E-state index >= 15 is 0 Å². The van der Waals surface area contributed by atoms with Gasteiger partial charge in [-0.1, -0.05) is 19.4 Å². The molecule has 0 aromatic carbocycles. The second kappa shape index (κ2) is 3.03. The molecule has 0 aliphatic rings. The first-order valence-corrected chi connectivity index (χ1v) is 2.65. The fourth-order valence-corrected chi connectivity index (χ4v) is 0.543. The van der Waals surface area contributed by atoms with Gasteiger partial charge in [0.15, 0.2) is 5.78 Å². The van der Waals surface area contributed by atoms with Crippen molar-refractivity contribution in [2.45, 2.75) is 20.8 Å². The molecule has 2 nitrogen and oxygen atoms in total. The molecule has 9 heavy (non-hydrogen) atoms. The minimum Gasteiger partial charge on any atom is -0.308 e. The molecule has 0 atom stereocenters. The maximum absolute atomic E-state index is 10.5. The zero-order chi connectivity index (χ0) is 7.44. The standard InChI is InChI=1S/C7H9NO/c1-5(2)7(8-4)6(3)9/h1-3H3. The van der Waals surface area contributed by atoms with Crippen molar-refractivity contribution in [1.29, 1.82) is 0 Å². The highest BCUT2D eigenvalue weighted by Crippen LogP contribution is 2.04. The van der Waals surface area contributed by atoms with Crippen LogP contribution in [0.15, 0.2) is 11.3 Å². The third kappa shape index (κ3) is 2.09. The Hall–Kier alpha value is -1.10. The Labute approximate surface area is 55.0 Å². The lowest BCUT2D eigenvalue weighted by Crippen LogP contribution is -1.92. The van der Waals surface area contributed by atoms with E-state index < -0.39 is 0 Å². The molecular formula is C7H9NO. The summed E-state index contributed by atoms with van der Waals surface area (Å²) in [6.45, 7) is 11.5. The molecule has 0 aliphatic heterocycles. The second-order valence-corrected chi connectivity index (χ2v) is 2.02. The maximum atomic E-state index is 10.5. The quantitative estimate of drug-likeness (QED) is 0.384. The molecule has 0 saturated carbocycles. The minimum absolute atomic E-state index is 0.148. The molecule has 0 N–H and O–H groups in total. The summed E-state index contributed by atoms with van der Waals surface area (Å²) in [6.07, 6.45) is 0. The molecule has 0 amide bonds. The number of allylic oxidation sites excluding steroid dienone is 2.